The Labute approximate surface area is 92.3 Å². The number of nitrogens with zero attached hydrogens (tertiary/aromatic N) is 1. The molecule has 78 valence electrons. The Morgan fingerprint density at radius 3 is 2.50 bits per heavy atom. The fourth-order valence-corrected chi connectivity index (χ4v) is 1.70. The van der Waals surface area contributed by atoms with Crippen LogP contribution in [0, 0.1) is 0 Å². The molecule has 0 saturated carbocycles. The third-order valence-corrected chi connectivity index (χ3v) is 2.09. The number of rotatable bonds is 1. The molecule has 0 fully saturated rings. The minimum atomic E-state index is -0.104. The molecule has 0 amide bonds. The van der Waals surface area contributed by atoms with Gasteiger partial charge in [0.25, 0.3) is 5.56 Å². The fourth-order valence-electron chi connectivity index (χ4n) is 1.16. The number of pyridine rings is 1. The molecule has 1 aromatic heterocycles. The Morgan fingerprint density at radius 2 is 2.00 bits per heavy atom. The molecule has 0 aliphatic heterocycles. The van der Waals surface area contributed by atoms with Crippen LogP contribution in [0.15, 0.2) is 21.5 Å². The van der Waals surface area contributed by atoms with E-state index < -0.39 is 0 Å². The zero-order valence-electron chi connectivity index (χ0n) is 8.89. The van der Waals surface area contributed by atoms with E-state index in [-0.39, 0.29) is 11.1 Å². The molecule has 0 atom stereocenters. The standard InChI is InChI=1S/C10H15BrN2O/c1-10(2,3)12-8-5-7(11)6-13(4)9(8)14/h5-6,12H,1-4H3. The van der Waals surface area contributed by atoms with Gasteiger partial charge in [0.15, 0.2) is 0 Å². The third kappa shape index (κ3) is 2.87. The van der Waals surface area contributed by atoms with Crippen LogP contribution < -0.4 is 10.9 Å². The van der Waals surface area contributed by atoms with Crippen LogP contribution in [0.1, 0.15) is 20.8 Å². The predicted octanol–water partition coefficient (Wildman–Crippen LogP) is 2.36. The molecular weight excluding hydrogens is 244 g/mol. The fraction of sp³-hybridized carbons (Fsp3) is 0.500. The molecule has 0 radical (unpaired) electrons. The zero-order valence-corrected chi connectivity index (χ0v) is 10.5. The van der Waals surface area contributed by atoms with Crippen LogP contribution in [0.4, 0.5) is 5.69 Å². The molecule has 1 heterocycles. The van der Waals surface area contributed by atoms with Gasteiger partial charge in [-0.05, 0) is 42.8 Å². The Balaban J connectivity index is 3.16. The molecule has 0 aromatic carbocycles. The van der Waals surface area contributed by atoms with E-state index in [4.69, 9.17) is 0 Å². The molecule has 0 spiro atoms. The van der Waals surface area contributed by atoms with Crippen molar-refractivity contribution in [3.63, 3.8) is 0 Å². The minimum absolute atomic E-state index is 0.0110. The van der Waals surface area contributed by atoms with E-state index >= 15 is 0 Å². The van der Waals surface area contributed by atoms with Crippen LogP contribution in [0.3, 0.4) is 0 Å². The molecule has 14 heavy (non-hydrogen) atoms. The van der Waals surface area contributed by atoms with Crippen molar-refractivity contribution < 1.29 is 0 Å². The number of hydrogen-bond acceptors (Lipinski definition) is 2. The van der Waals surface area contributed by atoms with Crippen molar-refractivity contribution in [3.05, 3.63) is 27.1 Å². The highest BCUT2D eigenvalue weighted by Gasteiger charge is 2.12. The van der Waals surface area contributed by atoms with E-state index in [9.17, 15) is 4.79 Å². The topological polar surface area (TPSA) is 34.0 Å². The Morgan fingerprint density at radius 1 is 1.43 bits per heavy atom. The summed E-state index contributed by atoms with van der Waals surface area (Å²) < 4.78 is 2.45. The largest absolute Gasteiger partial charge is 0.376 e. The number of anilines is 1. The van der Waals surface area contributed by atoms with Crippen molar-refractivity contribution in [3.8, 4) is 0 Å². The number of aryl methyl sites for hydroxylation is 1. The van der Waals surface area contributed by atoms with Crippen molar-refractivity contribution in [2.24, 2.45) is 7.05 Å². The van der Waals surface area contributed by atoms with Crippen molar-refractivity contribution in [1.82, 2.24) is 4.57 Å². The Bertz CT molecular complexity index is 390. The van der Waals surface area contributed by atoms with Crippen molar-refractivity contribution in [2.75, 3.05) is 5.32 Å². The molecule has 0 aliphatic carbocycles. The van der Waals surface area contributed by atoms with E-state index in [0.717, 1.165) is 4.47 Å². The maximum absolute atomic E-state index is 11.7. The first-order valence-electron chi connectivity index (χ1n) is 4.44. The lowest BCUT2D eigenvalue weighted by molar-refractivity contribution is 0.630. The normalized spacial score (nSPS) is 11.5. The van der Waals surface area contributed by atoms with Crippen LogP contribution in [0.25, 0.3) is 0 Å². The molecular formula is C10H15BrN2O. The summed E-state index contributed by atoms with van der Waals surface area (Å²) in [7, 11) is 1.74. The first-order valence-corrected chi connectivity index (χ1v) is 5.23. The van der Waals surface area contributed by atoms with E-state index in [1.165, 1.54) is 0 Å². The highest BCUT2D eigenvalue weighted by atomic mass is 79.9. The molecule has 0 unspecified atom stereocenters. The van der Waals surface area contributed by atoms with Gasteiger partial charge >= 0.3 is 0 Å². The van der Waals surface area contributed by atoms with Gasteiger partial charge in [-0.2, -0.15) is 0 Å². The first-order chi connectivity index (χ1) is 6.29. The quantitative estimate of drug-likeness (QED) is 0.840. The maximum Gasteiger partial charge on any atom is 0.273 e. The summed E-state index contributed by atoms with van der Waals surface area (Å²) in [5, 5.41) is 3.17. The average Bonchev–Trinajstić information content (AvgIpc) is 1.96. The summed E-state index contributed by atoms with van der Waals surface area (Å²) in [6.07, 6.45) is 1.75. The lowest BCUT2D eigenvalue weighted by Crippen LogP contribution is -2.31. The van der Waals surface area contributed by atoms with Crippen molar-refractivity contribution in [2.45, 2.75) is 26.3 Å². The molecule has 4 heteroatoms. The van der Waals surface area contributed by atoms with Crippen LogP contribution >= 0.6 is 15.9 Å². The summed E-state index contributed by atoms with van der Waals surface area (Å²) in [4.78, 5) is 11.7. The van der Waals surface area contributed by atoms with Crippen LogP contribution in [-0.4, -0.2) is 10.1 Å². The van der Waals surface area contributed by atoms with Gasteiger partial charge in [-0.25, -0.2) is 0 Å². The Hall–Kier alpha value is -0.770. The second-order valence-electron chi connectivity index (χ2n) is 4.36. The van der Waals surface area contributed by atoms with Crippen LogP contribution in [-0.2, 0) is 7.05 Å². The Kier molecular flexibility index (Phi) is 3.04. The van der Waals surface area contributed by atoms with Gasteiger partial charge in [0.1, 0.15) is 5.69 Å². The van der Waals surface area contributed by atoms with Crippen LogP contribution in [0.5, 0.6) is 0 Å². The average molecular weight is 259 g/mol. The highest BCUT2D eigenvalue weighted by molar-refractivity contribution is 9.10. The van der Waals surface area contributed by atoms with Crippen molar-refractivity contribution >= 4 is 21.6 Å². The molecule has 0 bridgehead atoms. The third-order valence-electron chi connectivity index (χ3n) is 1.66. The summed E-state index contributed by atoms with van der Waals surface area (Å²) in [6, 6.07) is 1.80. The molecule has 1 aromatic rings. The lowest BCUT2D eigenvalue weighted by atomic mass is 10.1. The monoisotopic (exact) mass is 258 g/mol. The van der Waals surface area contributed by atoms with Gasteiger partial charge in [-0.1, -0.05) is 0 Å². The number of nitrogens with one attached hydrogen (secondary N) is 1. The number of hydrogen-bond donors (Lipinski definition) is 1. The SMILES string of the molecule is Cn1cc(Br)cc(NC(C)(C)C)c1=O. The molecule has 0 saturated heterocycles. The van der Waals surface area contributed by atoms with Crippen LogP contribution in [0.2, 0.25) is 0 Å². The summed E-state index contributed by atoms with van der Waals surface area (Å²) in [5.74, 6) is 0. The van der Waals surface area contributed by atoms with Gasteiger partial charge in [-0.3, -0.25) is 4.79 Å². The van der Waals surface area contributed by atoms with Crippen molar-refractivity contribution in [1.29, 1.82) is 0 Å². The predicted molar refractivity (Wildman–Crippen MR) is 62.8 cm³/mol. The molecule has 1 rings (SSSR count). The highest BCUT2D eigenvalue weighted by Crippen LogP contribution is 2.15. The first kappa shape index (κ1) is 11.3. The summed E-state index contributed by atoms with van der Waals surface area (Å²) in [6.45, 7) is 6.06. The van der Waals surface area contributed by atoms with E-state index in [1.54, 1.807) is 23.9 Å². The van der Waals surface area contributed by atoms with Gasteiger partial charge < -0.3 is 9.88 Å². The lowest BCUT2D eigenvalue weighted by Gasteiger charge is -2.21. The van der Waals surface area contributed by atoms with Gasteiger partial charge in [0.05, 0.1) is 0 Å². The van der Waals surface area contributed by atoms with Gasteiger partial charge in [0.2, 0.25) is 0 Å². The molecule has 0 aliphatic rings. The molecule has 1 N–H and O–H groups in total. The maximum atomic E-state index is 11.7. The smallest absolute Gasteiger partial charge is 0.273 e. The second-order valence-corrected chi connectivity index (χ2v) is 5.28. The molecule has 3 nitrogen and oxygen atoms in total. The summed E-state index contributed by atoms with van der Waals surface area (Å²) in [5.41, 5.74) is 0.505. The van der Waals surface area contributed by atoms with Gasteiger partial charge in [-0.15, -0.1) is 0 Å². The number of halogens is 1. The van der Waals surface area contributed by atoms with Gasteiger partial charge in [0, 0.05) is 23.3 Å². The number of aromatic nitrogens is 1. The van der Waals surface area contributed by atoms with E-state index in [1.807, 2.05) is 20.8 Å². The van der Waals surface area contributed by atoms with E-state index in [2.05, 4.69) is 21.2 Å². The van der Waals surface area contributed by atoms with E-state index in [0.29, 0.717) is 5.69 Å². The second kappa shape index (κ2) is 3.77. The summed E-state index contributed by atoms with van der Waals surface area (Å²) >= 11 is 3.35. The minimum Gasteiger partial charge on any atom is -0.376 e. The zero-order chi connectivity index (χ0) is 10.9.